The third-order valence-electron chi connectivity index (χ3n) is 5.15. The number of halogens is 4. The molecular formula is C23H24ClF3N4O. The second-order valence-electron chi connectivity index (χ2n) is 7.57. The average molecular weight is 465 g/mol. The van der Waals surface area contributed by atoms with Crippen molar-refractivity contribution in [3.63, 3.8) is 0 Å². The first-order valence-electron chi connectivity index (χ1n) is 10.1. The monoisotopic (exact) mass is 464 g/mol. The summed E-state index contributed by atoms with van der Waals surface area (Å²) in [5.41, 5.74) is 5.10. The van der Waals surface area contributed by atoms with Gasteiger partial charge in [0, 0.05) is 30.8 Å². The molecule has 1 saturated heterocycles. The highest BCUT2D eigenvalue weighted by Crippen LogP contribution is 2.27. The second-order valence-corrected chi connectivity index (χ2v) is 7.98. The van der Waals surface area contributed by atoms with Gasteiger partial charge in [0.15, 0.2) is 0 Å². The molecule has 2 aromatic rings. The van der Waals surface area contributed by atoms with Crippen LogP contribution in [0.4, 0.5) is 18.9 Å². The summed E-state index contributed by atoms with van der Waals surface area (Å²) in [6.45, 7) is 3.01. The molecule has 2 N–H and O–H groups in total. The van der Waals surface area contributed by atoms with E-state index in [1.807, 2.05) is 7.05 Å². The van der Waals surface area contributed by atoms with Crippen LogP contribution in [0.1, 0.15) is 22.3 Å². The number of carbonyl (C=O) groups excluding carboxylic acids is 1. The number of alkyl halides is 3. The van der Waals surface area contributed by atoms with Gasteiger partial charge in [0.2, 0.25) is 0 Å². The van der Waals surface area contributed by atoms with Crippen LogP contribution in [0.15, 0.2) is 65.3 Å². The summed E-state index contributed by atoms with van der Waals surface area (Å²) in [6, 6.07) is 12.9. The van der Waals surface area contributed by atoms with E-state index >= 15 is 0 Å². The number of likely N-dealkylation sites (N-methyl/N-ethyl adjacent to an activating group) is 1. The lowest BCUT2D eigenvalue weighted by atomic mass is 10.1. The Morgan fingerprint density at radius 3 is 2.34 bits per heavy atom. The van der Waals surface area contributed by atoms with Crippen molar-refractivity contribution in [3.8, 4) is 0 Å². The van der Waals surface area contributed by atoms with Crippen molar-refractivity contribution in [2.45, 2.75) is 12.6 Å². The van der Waals surface area contributed by atoms with Gasteiger partial charge in [-0.05, 0) is 50.4 Å². The summed E-state index contributed by atoms with van der Waals surface area (Å²) in [4.78, 5) is 21.1. The Bertz CT molecular complexity index is 1020. The molecule has 1 fully saturated rings. The zero-order chi connectivity index (χ0) is 23.3. The molecule has 9 heteroatoms. The number of benzene rings is 2. The van der Waals surface area contributed by atoms with Crippen LogP contribution in [-0.4, -0.2) is 60.8 Å². The maximum Gasteiger partial charge on any atom is 0.430 e. The topological polar surface area (TPSA) is 61.9 Å². The molecule has 3 rings (SSSR count). The van der Waals surface area contributed by atoms with Crippen LogP contribution < -0.4 is 5.73 Å². The Balaban J connectivity index is 1.92. The highest BCUT2D eigenvalue weighted by atomic mass is 35.5. The number of rotatable bonds is 4. The SMILES string of the molecule is CN1CCCN(C(=O)c2ccc(C(/C=C(\N)C(F)(F)F)=Nc3ccccc3Cl)cc2)CC1. The minimum atomic E-state index is -4.70. The van der Waals surface area contributed by atoms with Gasteiger partial charge in [-0.1, -0.05) is 35.9 Å². The molecule has 2 aromatic carbocycles. The van der Waals surface area contributed by atoms with Crippen LogP contribution in [0.5, 0.6) is 0 Å². The maximum atomic E-state index is 13.1. The van der Waals surface area contributed by atoms with Gasteiger partial charge < -0.3 is 15.5 Å². The first-order valence-corrected chi connectivity index (χ1v) is 10.5. The molecule has 170 valence electrons. The number of amides is 1. The first-order chi connectivity index (χ1) is 15.1. The molecule has 0 bridgehead atoms. The van der Waals surface area contributed by atoms with Gasteiger partial charge in [-0.15, -0.1) is 0 Å². The number of para-hydroxylation sites is 1. The van der Waals surface area contributed by atoms with E-state index in [1.165, 1.54) is 0 Å². The lowest BCUT2D eigenvalue weighted by Crippen LogP contribution is -2.34. The van der Waals surface area contributed by atoms with Gasteiger partial charge >= 0.3 is 6.18 Å². The molecule has 0 aromatic heterocycles. The van der Waals surface area contributed by atoms with Crippen molar-refractivity contribution in [2.24, 2.45) is 10.7 Å². The molecule has 1 aliphatic rings. The van der Waals surface area contributed by atoms with E-state index in [9.17, 15) is 18.0 Å². The fourth-order valence-electron chi connectivity index (χ4n) is 3.30. The molecular weight excluding hydrogens is 441 g/mol. The predicted molar refractivity (Wildman–Crippen MR) is 120 cm³/mol. The molecule has 0 saturated carbocycles. The summed E-state index contributed by atoms with van der Waals surface area (Å²) in [7, 11) is 2.02. The average Bonchev–Trinajstić information content (AvgIpc) is 2.98. The zero-order valence-electron chi connectivity index (χ0n) is 17.6. The lowest BCUT2D eigenvalue weighted by molar-refractivity contribution is -0.0925. The van der Waals surface area contributed by atoms with Gasteiger partial charge in [-0.2, -0.15) is 13.2 Å². The van der Waals surface area contributed by atoms with E-state index in [1.54, 1.807) is 53.4 Å². The Hall–Kier alpha value is -2.84. The molecule has 0 aliphatic carbocycles. The van der Waals surface area contributed by atoms with Gasteiger partial charge in [0.05, 0.1) is 16.4 Å². The molecule has 32 heavy (non-hydrogen) atoms. The summed E-state index contributed by atoms with van der Waals surface area (Å²) >= 11 is 6.12. The quantitative estimate of drug-likeness (QED) is 0.670. The summed E-state index contributed by atoms with van der Waals surface area (Å²) in [5.74, 6) is -0.109. The molecule has 0 atom stereocenters. The number of hydrogen-bond acceptors (Lipinski definition) is 4. The number of aliphatic imine (C=N–C) groups is 1. The van der Waals surface area contributed by atoms with Gasteiger partial charge in [0.25, 0.3) is 5.91 Å². The van der Waals surface area contributed by atoms with Crippen molar-refractivity contribution in [1.29, 1.82) is 0 Å². The van der Waals surface area contributed by atoms with E-state index in [-0.39, 0.29) is 11.6 Å². The van der Waals surface area contributed by atoms with E-state index in [0.29, 0.717) is 34.9 Å². The number of nitrogens with zero attached hydrogens (tertiary/aromatic N) is 3. The van der Waals surface area contributed by atoms with E-state index in [4.69, 9.17) is 17.3 Å². The highest BCUT2D eigenvalue weighted by molar-refractivity contribution is 6.33. The minimum absolute atomic E-state index is 0.0108. The molecule has 1 aliphatic heterocycles. The highest BCUT2D eigenvalue weighted by Gasteiger charge is 2.32. The standard InChI is InChI=1S/C23H24ClF3N4O/c1-30-11-4-12-31(14-13-30)22(32)17-9-7-16(8-10-17)20(15-21(28)23(25,26)27)29-19-6-3-2-5-18(19)24/h2-3,5-10,15H,4,11-14,28H2,1H3/b21-15-,29-20?. The van der Waals surface area contributed by atoms with Crippen LogP contribution in [0.3, 0.4) is 0 Å². The van der Waals surface area contributed by atoms with Crippen molar-refractivity contribution >= 4 is 28.9 Å². The number of hydrogen-bond donors (Lipinski definition) is 1. The molecule has 0 spiro atoms. The zero-order valence-corrected chi connectivity index (χ0v) is 18.3. The minimum Gasteiger partial charge on any atom is -0.395 e. The van der Waals surface area contributed by atoms with E-state index < -0.39 is 11.9 Å². The fourth-order valence-corrected chi connectivity index (χ4v) is 3.48. The number of carbonyl (C=O) groups is 1. The summed E-state index contributed by atoms with van der Waals surface area (Å²) < 4.78 is 39.2. The lowest BCUT2D eigenvalue weighted by Gasteiger charge is -2.20. The number of nitrogens with two attached hydrogens (primary N) is 1. The van der Waals surface area contributed by atoms with E-state index in [0.717, 1.165) is 25.6 Å². The Morgan fingerprint density at radius 1 is 1.03 bits per heavy atom. The Kier molecular flexibility index (Phi) is 7.58. The van der Waals surface area contributed by atoms with Gasteiger partial charge in [0.1, 0.15) is 5.70 Å². The van der Waals surface area contributed by atoms with Crippen molar-refractivity contribution in [3.05, 3.63) is 76.5 Å². The normalized spacial score (nSPS) is 16.7. The van der Waals surface area contributed by atoms with E-state index in [2.05, 4.69) is 9.89 Å². The fraction of sp³-hybridized carbons (Fsp3) is 0.304. The summed E-state index contributed by atoms with van der Waals surface area (Å²) in [5, 5.41) is 0.293. The molecule has 0 radical (unpaired) electrons. The first kappa shape index (κ1) is 23.8. The Labute approximate surface area is 190 Å². The van der Waals surface area contributed by atoms with Crippen LogP contribution in [0.2, 0.25) is 5.02 Å². The predicted octanol–water partition coefficient (Wildman–Crippen LogP) is 4.64. The summed E-state index contributed by atoms with van der Waals surface area (Å²) in [6.07, 6.45) is -3.04. The smallest absolute Gasteiger partial charge is 0.395 e. The van der Waals surface area contributed by atoms with Crippen molar-refractivity contribution < 1.29 is 18.0 Å². The molecule has 1 amide bonds. The third kappa shape index (κ3) is 6.11. The largest absolute Gasteiger partial charge is 0.430 e. The second kappa shape index (κ2) is 10.2. The maximum absolute atomic E-state index is 13.1. The van der Waals surface area contributed by atoms with Crippen molar-refractivity contribution in [2.75, 3.05) is 33.2 Å². The van der Waals surface area contributed by atoms with Crippen LogP contribution >= 0.6 is 11.6 Å². The van der Waals surface area contributed by atoms with Crippen LogP contribution in [0, 0.1) is 0 Å². The van der Waals surface area contributed by atoms with Crippen molar-refractivity contribution in [1.82, 2.24) is 9.80 Å². The molecule has 5 nitrogen and oxygen atoms in total. The van der Waals surface area contributed by atoms with Crippen LogP contribution in [-0.2, 0) is 0 Å². The van der Waals surface area contributed by atoms with Gasteiger partial charge in [-0.25, -0.2) is 4.99 Å². The molecule has 1 heterocycles. The molecule has 0 unspecified atom stereocenters. The Morgan fingerprint density at radius 2 is 1.69 bits per heavy atom. The van der Waals surface area contributed by atoms with Crippen LogP contribution in [0.25, 0.3) is 0 Å². The number of allylic oxidation sites excluding steroid dienone is 2. The third-order valence-corrected chi connectivity index (χ3v) is 5.47. The van der Waals surface area contributed by atoms with Gasteiger partial charge in [-0.3, -0.25) is 4.79 Å².